The maximum Gasteiger partial charge on any atom is 1.00 e. The number of phenols is 1. The van der Waals surface area contributed by atoms with Crippen LogP contribution in [0, 0.1) is 0 Å². The van der Waals surface area contributed by atoms with E-state index in [0.29, 0.717) is 30.0 Å². The zero-order chi connectivity index (χ0) is 30.0. The van der Waals surface area contributed by atoms with Crippen molar-refractivity contribution in [2.24, 2.45) is 0 Å². The Morgan fingerprint density at radius 1 is 0.605 bits per heavy atom. The van der Waals surface area contributed by atoms with Crippen molar-refractivity contribution in [1.82, 2.24) is 0 Å². The third-order valence-corrected chi connectivity index (χ3v) is 5.27. The number of aromatic hydroxyl groups is 1. The summed E-state index contributed by atoms with van der Waals surface area (Å²) in [4.78, 5) is 11.2. The number of hydrogen-bond acceptors (Lipinski definition) is 7. The molecule has 4 rings (SSSR count). The third kappa shape index (κ3) is 24.5. The van der Waals surface area contributed by atoms with Crippen LogP contribution in [-0.4, -0.2) is 35.8 Å². The molecule has 0 aliphatic rings. The average molecular weight is 702 g/mol. The van der Waals surface area contributed by atoms with Gasteiger partial charge >= 0.3 is 103 Å². The summed E-state index contributed by atoms with van der Waals surface area (Å²) in [7, 11) is 0. The van der Waals surface area contributed by atoms with Crippen LogP contribution in [0.3, 0.4) is 0 Å². The molecule has 0 radical (unpaired) electrons. The van der Waals surface area contributed by atoms with E-state index in [4.69, 9.17) is 64.2 Å². The van der Waals surface area contributed by atoms with Crippen LogP contribution in [-0.2, 0) is 9.68 Å². The van der Waals surface area contributed by atoms with Gasteiger partial charge in [0.1, 0.15) is 34.5 Å². The van der Waals surface area contributed by atoms with Gasteiger partial charge in [-0.05, 0) is 85.6 Å². The van der Waals surface area contributed by atoms with Crippen LogP contribution >= 0.6 is 34.8 Å². The number of phenolic OH excluding ortho intramolecular Hbond substituents is 1. The Hall–Kier alpha value is -0.347. The van der Waals surface area contributed by atoms with E-state index in [0.717, 1.165) is 35.8 Å². The van der Waals surface area contributed by atoms with Crippen molar-refractivity contribution in [3.8, 4) is 34.5 Å². The monoisotopic (exact) mass is 700 g/mol. The molecule has 0 saturated heterocycles. The van der Waals surface area contributed by atoms with Gasteiger partial charge in [-0.1, -0.05) is 36.4 Å². The molecule has 0 heterocycles. The standard InChI is InChI=1S/C15H15ClO2.C12H10O2.C3H6Cl2.CH2O3.2K.H/c16-11-4-12-17-13-7-9-15(10-8-13)18-14-5-2-1-3-6-14;13-10-6-8-12(9-7-10)14-11-4-2-1-3-5-11;4-2-1-3-5;2-1-4-3;;;/h1-3,5-10H,4,11-12H2;1-9,13H;1-3H2;1,3H;;;/q;;;;2*+1;-1/p-1. The summed E-state index contributed by atoms with van der Waals surface area (Å²) in [6.07, 6.45) is 1.77. The van der Waals surface area contributed by atoms with Gasteiger partial charge in [-0.25, -0.2) is 0 Å². The van der Waals surface area contributed by atoms with Crippen molar-refractivity contribution in [3.63, 3.8) is 0 Å². The molecule has 0 bridgehead atoms. The third-order valence-electron chi connectivity index (χ3n) is 4.47. The fourth-order valence-electron chi connectivity index (χ4n) is 2.66. The second-order valence-corrected chi connectivity index (χ2v) is 8.74. The molecule has 7 nitrogen and oxygen atoms in total. The second kappa shape index (κ2) is 31.6. The molecule has 0 fully saturated rings. The zero-order valence-corrected chi connectivity index (χ0v) is 32.8. The van der Waals surface area contributed by atoms with Gasteiger partial charge in [0.05, 0.1) is 6.61 Å². The summed E-state index contributed by atoms with van der Waals surface area (Å²) in [5.74, 6) is 6.19. The molecular weight excluding hydrogens is 669 g/mol. The van der Waals surface area contributed by atoms with Gasteiger partial charge in [0.15, 0.2) is 0 Å². The van der Waals surface area contributed by atoms with E-state index in [1.54, 1.807) is 24.3 Å². The summed E-state index contributed by atoms with van der Waals surface area (Å²) >= 11 is 16.0. The van der Waals surface area contributed by atoms with E-state index in [1.165, 1.54) is 0 Å². The van der Waals surface area contributed by atoms with Crippen LogP contribution in [0.5, 0.6) is 34.5 Å². The molecule has 4 aromatic carbocycles. The van der Waals surface area contributed by atoms with Gasteiger partial charge in [-0.2, -0.15) is 0 Å². The molecule has 0 unspecified atom stereocenters. The first-order chi connectivity index (χ1) is 20.1. The number of carbonyl (C=O) groups is 1. The van der Waals surface area contributed by atoms with Crippen molar-refractivity contribution < 1.29 is 138 Å². The van der Waals surface area contributed by atoms with Crippen molar-refractivity contribution in [2.75, 3.05) is 24.2 Å². The minimum absolute atomic E-state index is 0. The molecule has 222 valence electrons. The molecule has 0 amide bonds. The summed E-state index contributed by atoms with van der Waals surface area (Å²) in [6.45, 7) is 0.461. The second-order valence-electron chi connectivity index (χ2n) is 7.61. The summed E-state index contributed by atoms with van der Waals surface area (Å²) in [5.41, 5.74) is 0. The Morgan fingerprint density at radius 2 is 0.953 bits per heavy atom. The number of benzene rings is 4. The van der Waals surface area contributed by atoms with Crippen LogP contribution in [0.2, 0.25) is 0 Å². The number of para-hydroxylation sites is 2. The molecular formula is C31H33Cl3K2O7. The van der Waals surface area contributed by atoms with E-state index in [-0.39, 0.29) is 116 Å². The molecule has 0 aliphatic heterocycles. The van der Waals surface area contributed by atoms with Crippen molar-refractivity contribution >= 4 is 41.3 Å². The molecule has 12 heteroatoms. The predicted molar refractivity (Wildman–Crippen MR) is 163 cm³/mol. The van der Waals surface area contributed by atoms with E-state index in [1.807, 2.05) is 84.9 Å². The van der Waals surface area contributed by atoms with Crippen molar-refractivity contribution in [2.45, 2.75) is 12.8 Å². The van der Waals surface area contributed by atoms with Gasteiger partial charge in [-0.15, -0.1) is 34.8 Å². The van der Waals surface area contributed by atoms with E-state index in [9.17, 15) is 0 Å². The normalized spacial score (nSPS) is 8.84. The average Bonchev–Trinajstić information content (AvgIpc) is 3.02. The Morgan fingerprint density at radius 3 is 1.30 bits per heavy atom. The van der Waals surface area contributed by atoms with Crippen molar-refractivity contribution in [1.29, 1.82) is 0 Å². The molecule has 43 heavy (non-hydrogen) atoms. The topological polar surface area (TPSA) is 97.3 Å². The fourth-order valence-corrected chi connectivity index (χ4v) is 3.18. The summed E-state index contributed by atoms with van der Waals surface area (Å²) in [6, 6.07) is 33.4. The number of halogens is 3. The van der Waals surface area contributed by atoms with E-state index >= 15 is 0 Å². The quantitative estimate of drug-likeness (QED) is 0.0639. The smallest absolute Gasteiger partial charge is 1.00 e. The maximum absolute atomic E-state index is 9.07. The van der Waals surface area contributed by atoms with Gasteiger partial charge in [0.2, 0.25) is 0 Å². The predicted octanol–water partition coefficient (Wildman–Crippen LogP) is 2.08. The molecule has 4 aromatic rings. The van der Waals surface area contributed by atoms with Crippen LogP contribution < -0.4 is 122 Å². The SMILES string of the molecule is ClCCCCl.ClCCCOc1ccc(Oc2ccccc2)cc1.O=CO[O-].Oc1ccc(Oc2ccccc2)cc1.[H-].[K+].[K+]. The molecule has 0 aromatic heterocycles. The maximum atomic E-state index is 9.07. The van der Waals surface area contributed by atoms with Gasteiger partial charge in [0, 0.05) is 17.6 Å². The molecule has 0 spiro atoms. The number of rotatable bonds is 11. The number of ether oxygens (including phenoxy) is 3. The van der Waals surface area contributed by atoms with Crippen LogP contribution in [0.4, 0.5) is 0 Å². The van der Waals surface area contributed by atoms with E-state index in [2.05, 4.69) is 4.89 Å². The first-order valence-electron chi connectivity index (χ1n) is 12.4. The van der Waals surface area contributed by atoms with Gasteiger partial charge in [0.25, 0.3) is 6.47 Å². The zero-order valence-electron chi connectivity index (χ0n) is 25.2. The minimum atomic E-state index is -0.181. The van der Waals surface area contributed by atoms with Crippen LogP contribution in [0.15, 0.2) is 109 Å². The molecule has 0 aliphatic carbocycles. The Labute approximate surface area is 355 Å². The molecule has 0 atom stereocenters. The number of carbonyl (C=O) groups excluding carboxylic acids is 1. The fraction of sp³-hybridized carbons (Fsp3) is 0.194. The largest absolute Gasteiger partial charge is 1.00 e. The van der Waals surface area contributed by atoms with E-state index < -0.39 is 0 Å². The number of hydrogen-bond donors (Lipinski definition) is 1. The first kappa shape index (κ1) is 44.8. The van der Waals surface area contributed by atoms with Crippen molar-refractivity contribution in [3.05, 3.63) is 109 Å². The molecule has 1 N–H and O–H groups in total. The summed E-state index contributed by atoms with van der Waals surface area (Å²) in [5, 5.41) is 17.5. The van der Waals surface area contributed by atoms with Gasteiger partial charge < -0.3 is 30.9 Å². The van der Waals surface area contributed by atoms with Crippen LogP contribution in [0.1, 0.15) is 14.3 Å². The molecule has 0 saturated carbocycles. The van der Waals surface area contributed by atoms with Crippen LogP contribution in [0.25, 0.3) is 0 Å². The summed E-state index contributed by atoms with van der Waals surface area (Å²) < 4.78 is 16.7. The van der Waals surface area contributed by atoms with Gasteiger partial charge in [-0.3, -0.25) is 4.79 Å². The Bertz CT molecular complexity index is 1160. The Balaban J connectivity index is -0.000000577. The minimum Gasteiger partial charge on any atom is -1.00 e. The number of alkyl halides is 3. The Kier molecular flexibility index (Phi) is 32.9. The first-order valence-corrected chi connectivity index (χ1v) is 14.0.